The van der Waals surface area contributed by atoms with Crippen LogP contribution in [0.15, 0.2) is 48.5 Å². The number of alkyl halides is 2. The standard InChI is InChI=1S/C15H15F2NO/c1-10-2-4-11(5-3-10)14(18)12-6-8-13(9-7-12)19-15(16)17/h2-9,14-15H,18H2,1H3. The molecular weight excluding hydrogens is 248 g/mol. The third-order valence-corrected chi connectivity index (χ3v) is 2.90. The number of rotatable bonds is 4. The summed E-state index contributed by atoms with van der Waals surface area (Å²) < 4.78 is 28.4. The van der Waals surface area contributed by atoms with Crippen LogP contribution in [0.3, 0.4) is 0 Å². The summed E-state index contributed by atoms with van der Waals surface area (Å²) in [7, 11) is 0. The number of hydrogen-bond acceptors (Lipinski definition) is 2. The van der Waals surface area contributed by atoms with E-state index in [1.165, 1.54) is 12.1 Å². The molecule has 0 amide bonds. The predicted octanol–water partition coefficient (Wildman–Crippen LogP) is 3.64. The average Bonchev–Trinajstić information content (AvgIpc) is 2.39. The first-order valence-electron chi connectivity index (χ1n) is 5.93. The van der Waals surface area contributed by atoms with E-state index in [0.29, 0.717) is 0 Å². The van der Waals surface area contributed by atoms with Gasteiger partial charge in [0, 0.05) is 0 Å². The lowest BCUT2D eigenvalue weighted by Crippen LogP contribution is -2.11. The van der Waals surface area contributed by atoms with Crippen molar-refractivity contribution < 1.29 is 13.5 Å². The molecule has 2 aromatic carbocycles. The van der Waals surface area contributed by atoms with Gasteiger partial charge in [0.1, 0.15) is 5.75 Å². The van der Waals surface area contributed by atoms with E-state index in [1.54, 1.807) is 12.1 Å². The van der Waals surface area contributed by atoms with E-state index in [2.05, 4.69) is 4.74 Å². The molecule has 0 aromatic heterocycles. The molecule has 0 spiro atoms. The van der Waals surface area contributed by atoms with Crippen LogP contribution in [0.2, 0.25) is 0 Å². The summed E-state index contributed by atoms with van der Waals surface area (Å²) in [5, 5.41) is 0. The molecule has 2 rings (SSSR count). The summed E-state index contributed by atoms with van der Waals surface area (Å²) in [4.78, 5) is 0. The van der Waals surface area contributed by atoms with Crippen molar-refractivity contribution >= 4 is 0 Å². The summed E-state index contributed by atoms with van der Waals surface area (Å²) in [5.41, 5.74) is 9.12. The Balaban J connectivity index is 2.15. The molecule has 0 aliphatic rings. The van der Waals surface area contributed by atoms with E-state index in [1.807, 2.05) is 31.2 Å². The van der Waals surface area contributed by atoms with Gasteiger partial charge in [-0.15, -0.1) is 0 Å². The summed E-state index contributed by atoms with van der Waals surface area (Å²) >= 11 is 0. The summed E-state index contributed by atoms with van der Waals surface area (Å²) in [5.74, 6) is 0.134. The number of nitrogens with two attached hydrogens (primary N) is 1. The molecule has 0 radical (unpaired) electrons. The van der Waals surface area contributed by atoms with Crippen LogP contribution in [0.4, 0.5) is 8.78 Å². The van der Waals surface area contributed by atoms with Crippen molar-refractivity contribution in [1.82, 2.24) is 0 Å². The molecule has 0 saturated heterocycles. The van der Waals surface area contributed by atoms with Crippen molar-refractivity contribution in [3.8, 4) is 5.75 Å². The third kappa shape index (κ3) is 3.51. The lowest BCUT2D eigenvalue weighted by atomic mass is 9.99. The zero-order valence-corrected chi connectivity index (χ0v) is 10.5. The quantitative estimate of drug-likeness (QED) is 0.914. The van der Waals surface area contributed by atoms with Crippen molar-refractivity contribution in [3.05, 3.63) is 65.2 Å². The number of aryl methyl sites for hydroxylation is 1. The second-order valence-electron chi connectivity index (χ2n) is 4.34. The number of halogens is 2. The SMILES string of the molecule is Cc1ccc(C(N)c2ccc(OC(F)F)cc2)cc1. The van der Waals surface area contributed by atoms with Crippen molar-refractivity contribution in [2.45, 2.75) is 19.6 Å². The summed E-state index contributed by atoms with van der Waals surface area (Å²) in [6.45, 7) is -0.803. The molecule has 0 aliphatic heterocycles. The van der Waals surface area contributed by atoms with E-state index in [0.717, 1.165) is 16.7 Å². The van der Waals surface area contributed by atoms with Crippen molar-refractivity contribution in [1.29, 1.82) is 0 Å². The minimum Gasteiger partial charge on any atom is -0.435 e. The van der Waals surface area contributed by atoms with Gasteiger partial charge in [0.2, 0.25) is 0 Å². The third-order valence-electron chi connectivity index (χ3n) is 2.90. The van der Waals surface area contributed by atoms with Crippen LogP contribution >= 0.6 is 0 Å². The molecule has 1 unspecified atom stereocenters. The van der Waals surface area contributed by atoms with Gasteiger partial charge < -0.3 is 10.5 Å². The number of ether oxygens (including phenoxy) is 1. The monoisotopic (exact) mass is 263 g/mol. The highest BCUT2D eigenvalue weighted by atomic mass is 19.3. The molecule has 0 saturated carbocycles. The van der Waals surface area contributed by atoms with Crippen LogP contribution in [0.1, 0.15) is 22.7 Å². The lowest BCUT2D eigenvalue weighted by molar-refractivity contribution is -0.0498. The summed E-state index contributed by atoms with van der Waals surface area (Å²) in [6, 6.07) is 14.0. The van der Waals surface area contributed by atoms with Crippen molar-refractivity contribution in [3.63, 3.8) is 0 Å². The van der Waals surface area contributed by atoms with E-state index < -0.39 is 6.61 Å². The minimum absolute atomic E-state index is 0.134. The fourth-order valence-corrected chi connectivity index (χ4v) is 1.82. The van der Waals surface area contributed by atoms with E-state index >= 15 is 0 Å². The van der Waals surface area contributed by atoms with E-state index in [9.17, 15) is 8.78 Å². The van der Waals surface area contributed by atoms with Gasteiger partial charge in [-0.3, -0.25) is 0 Å². The Bertz CT molecular complexity index is 523. The topological polar surface area (TPSA) is 35.2 Å². The second-order valence-corrected chi connectivity index (χ2v) is 4.34. The van der Waals surface area contributed by atoms with Crippen molar-refractivity contribution in [2.75, 3.05) is 0 Å². The first-order chi connectivity index (χ1) is 9.06. The fourth-order valence-electron chi connectivity index (χ4n) is 1.82. The highest BCUT2D eigenvalue weighted by Gasteiger charge is 2.09. The first-order valence-corrected chi connectivity index (χ1v) is 5.93. The maximum atomic E-state index is 12.0. The molecule has 0 aliphatic carbocycles. The van der Waals surface area contributed by atoms with Gasteiger partial charge >= 0.3 is 6.61 Å². The lowest BCUT2D eigenvalue weighted by Gasteiger charge is -2.13. The van der Waals surface area contributed by atoms with E-state index in [-0.39, 0.29) is 11.8 Å². The molecule has 0 bridgehead atoms. The molecule has 4 heteroatoms. The van der Waals surface area contributed by atoms with Gasteiger partial charge in [-0.05, 0) is 30.2 Å². The molecule has 100 valence electrons. The molecule has 1 atom stereocenters. The maximum absolute atomic E-state index is 12.0. The Hall–Kier alpha value is -1.94. The maximum Gasteiger partial charge on any atom is 0.387 e. The van der Waals surface area contributed by atoms with Gasteiger partial charge in [0.25, 0.3) is 0 Å². The molecule has 2 N–H and O–H groups in total. The zero-order valence-electron chi connectivity index (χ0n) is 10.5. The minimum atomic E-state index is -2.81. The van der Waals surface area contributed by atoms with E-state index in [4.69, 9.17) is 5.73 Å². The highest BCUT2D eigenvalue weighted by molar-refractivity contribution is 5.35. The average molecular weight is 263 g/mol. The number of hydrogen-bond donors (Lipinski definition) is 1. The van der Waals surface area contributed by atoms with Gasteiger partial charge in [-0.2, -0.15) is 8.78 Å². The molecule has 2 nitrogen and oxygen atoms in total. The Labute approximate surface area is 110 Å². The number of benzene rings is 2. The molecule has 0 heterocycles. The normalized spacial score (nSPS) is 12.5. The van der Waals surface area contributed by atoms with Gasteiger partial charge in [0.05, 0.1) is 6.04 Å². The second kappa shape index (κ2) is 5.80. The predicted molar refractivity (Wildman–Crippen MR) is 70.3 cm³/mol. The fraction of sp³-hybridized carbons (Fsp3) is 0.200. The zero-order chi connectivity index (χ0) is 13.8. The van der Waals surface area contributed by atoms with Crippen LogP contribution in [0.25, 0.3) is 0 Å². The van der Waals surface area contributed by atoms with Gasteiger partial charge in [0.15, 0.2) is 0 Å². The molecule has 19 heavy (non-hydrogen) atoms. The molecule has 0 fully saturated rings. The Morgan fingerprint density at radius 3 is 1.84 bits per heavy atom. The highest BCUT2D eigenvalue weighted by Crippen LogP contribution is 2.23. The Kier molecular flexibility index (Phi) is 4.12. The Morgan fingerprint density at radius 2 is 1.37 bits per heavy atom. The largest absolute Gasteiger partial charge is 0.435 e. The van der Waals surface area contributed by atoms with Crippen LogP contribution in [-0.4, -0.2) is 6.61 Å². The van der Waals surface area contributed by atoms with Gasteiger partial charge in [-0.1, -0.05) is 42.0 Å². The first kappa shape index (κ1) is 13.5. The molecule has 2 aromatic rings. The van der Waals surface area contributed by atoms with Crippen LogP contribution in [0, 0.1) is 6.92 Å². The van der Waals surface area contributed by atoms with Crippen molar-refractivity contribution in [2.24, 2.45) is 5.73 Å². The van der Waals surface area contributed by atoms with Crippen LogP contribution in [-0.2, 0) is 0 Å². The smallest absolute Gasteiger partial charge is 0.387 e. The van der Waals surface area contributed by atoms with Gasteiger partial charge in [-0.25, -0.2) is 0 Å². The Morgan fingerprint density at radius 1 is 0.895 bits per heavy atom. The molecular formula is C15H15F2NO. The van der Waals surface area contributed by atoms with Crippen LogP contribution < -0.4 is 10.5 Å². The van der Waals surface area contributed by atoms with Crippen LogP contribution in [0.5, 0.6) is 5.75 Å². The summed E-state index contributed by atoms with van der Waals surface area (Å²) in [6.07, 6.45) is 0.